The van der Waals surface area contributed by atoms with Crippen LogP contribution >= 0.6 is 11.8 Å². The number of thioether (sulfide) groups is 1. The summed E-state index contributed by atoms with van der Waals surface area (Å²) in [6.07, 6.45) is 2.64. The molecule has 2 fully saturated rings. The van der Waals surface area contributed by atoms with Gasteiger partial charge in [0.25, 0.3) is 0 Å². The van der Waals surface area contributed by atoms with Crippen molar-refractivity contribution in [2.24, 2.45) is 0 Å². The van der Waals surface area contributed by atoms with Crippen LogP contribution in [0.3, 0.4) is 0 Å². The third kappa shape index (κ3) is 4.40. The van der Waals surface area contributed by atoms with E-state index in [0.717, 1.165) is 18.6 Å². The standard InChI is InChI=1S/C10H16N2O3S.K/c13-8(14)4-2-1-3-7-9-6(5-16-7)11-10(15)12-9;/h6-7,9H,1-5H2,(H,13,14)(H2,11,12,15);/q;+1/p-1/t6-,7-,9-;/m0./s1. The number of carboxylic acid groups (broad SMARTS) is 1. The number of nitrogens with one attached hydrogen (secondary N) is 2. The number of rotatable bonds is 5. The second-order valence-electron chi connectivity index (χ2n) is 4.24. The third-order valence-electron chi connectivity index (χ3n) is 3.06. The van der Waals surface area contributed by atoms with Gasteiger partial charge in [0.15, 0.2) is 0 Å². The monoisotopic (exact) mass is 282 g/mol. The van der Waals surface area contributed by atoms with Gasteiger partial charge in [-0.2, -0.15) is 11.8 Å². The molecule has 0 aliphatic carbocycles. The van der Waals surface area contributed by atoms with E-state index in [0.29, 0.717) is 11.7 Å². The van der Waals surface area contributed by atoms with Gasteiger partial charge in [-0.1, -0.05) is 6.42 Å². The number of carbonyl (C=O) groups is 2. The fourth-order valence-corrected chi connectivity index (χ4v) is 3.80. The summed E-state index contributed by atoms with van der Waals surface area (Å²) in [4.78, 5) is 21.3. The molecular weight excluding hydrogens is 267 g/mol. The molecule has 0 bridgehead atoms. The van der Waals surface area contributed by atoms with E-state index in [-0.39, 0.29) is 75.9 Å². The Morgan fingerprint density at radius 3 is 2.88 bits per heavy atom. The molecule has 0 saturated carbocycles. The van der Waals surface area contributed by atoms with Crippen LogP contribution in [0.15, 0.2) is 0 Å². The number of fused-ring (bicyclic) bond motifs is 1. The molecular formula is C10H15KN2O3S. The maximum absolute atomic E-state index is 11.1. The fraction of sp³-hybridized carbons (Fsp3) is 0.800. The van der Waals surface area contributed by atoms with Crippen molar-refractivity contribution in [3.05, 3.63) is 0 Å². The molecule has 2 saturated heterocycles. The average molecular weight is 282 g/mol. The average Bonchev–Trinajstić information content (AvgIpc) is 2.72. The number of carbonyl (C=O) groups excluding carboxylic acids is 2. The summed E-state index contributed by atoms with van der Waals surface area (Å²) in [5, 5.41) is 16.5. The molecule has 2 rings (SSSR count). The van der Waals surface area contributed by atoms with Gasteiger partial charge >= 0.3 is 57.4 Å². The number of unbranched alkanes of at least 4 members (excludes halogenated alkanes) is 1. The van der Waals surface area contributed by atoms with Crippen LogP contribution in [-0.4, -0.2) is 35.1 Å². The maximum atomic E-state index is 11.1. The maximum Gasteiger partial charge on any atom is 1.00 e. The van der Waals surface area contributed by atoms with Crippen LogP contribution in [0.4, 0.5) is 4.79 Å². The zero-order valence-corrected chi connectivity index (χ0v) is 13.8. The van der Waals surface area contributed by atoms with Gasteiger partial charge in [0, 0.05) is 17.0 Å². The minimum atomic E-state index is -0.979. The van der Waals surface area contributed by atoms with Crippen molar-refractivity contribution in [3.63, 3.8) is 0 Å². The SMILES string of the molecule is O=C([O-])CCCC[C@@H]1SC[C@@H]2NC(=O)N[C@@H]21.[K+]. The summed E-state index contributed by atoms with van der Waals surface area (Å²) in [6.45, 7) is 0. The Kier molecular flexibility index (Phi) is 6.82. The first kappa shape index (κ1) is 15.8. The molecule has 0 aromatic heterocycles. The summed E-state index contributed by atoms with van der Waals surface area (Å²) in [5.41, 5.74) is 0. The van der Waals surface area contributed by atoms with Crippen molar-refractivity contribution in [2.75, 3.05) is 5.75 Å². The van der Waals surface area contributed by atoms with Crippen LogP contribution in [0.25, 0.3) is 0 Å². The van der Waals surface area contributed by atoms with Crippen molar-refractivity contribution in [3.8, 4) is 0 Å². The quantitative estimate of drug-likeness (QED) is 0.311. The molecule has 2 aliphatic heterocycles. The number of aliphatic carboxylic acids is 1. The van der Waals surface area contributed by atoms with Crippen molar-refractivity contribution in [1.82, 2.24) is 10.6 Å². The largest absolute Gasteiger partial charge is 1.00 e. The van der Waals surface area contributed by atoms with Crippen molar-refractivity contribution < 1.29 is 66.1 Å². The molecule has 2 N–H and O–H groups in total. The molecule has 5 nitrogen and oxygen atoms in total. The topological polar surface area (TPSA) is 81.3 Å². The molecule has 2 heterocycles. The number of carboxylic acids is 1. The van der Waals surface area contributed by atoms with E-state index in [1.807, 2.05) is 11.8 Å². The normalized spacial score (nSPS) is 30.1. The minimum absolute atomic E-state index is 0. The van der Waals surface area contributed by atoms with Crippen LogP contribution < -0.4 is 67.1 Å². The fourth-order valence-electron chi connectivity index (χ4n) is 2.26. The number of urea groups is 1. The number of hydrogen-bond donors (Lipinski definition) is 2. The van der Waals surface area contributed by atoms with E-state index in [1.54, 1.807) is 0 Å². The van der Waals surface area contributed by atoms with Gasteiger partial charge in [-0.3, -0.25) is 0 Å². The number of hydrogen-bond acceptors (Lipinski definition) is 4. The molecule has 0 unspecified atom stereocenters. The van der Waals surface area contributed by atoms with E-state index in [1.165, 1.54) is 0 Å². The van der Waals surface area contributed by atoms with Gasteiger partial charge in [-0.25, -0.2) is 4.79 Å². The van der Waals surface area contributed by atoms with Crippen LogP contribution in [0.5, 0.6) is 0 Å². The van der Waals surface area contributed by atoms with Gasteiger partial charge in [-0.15, -0.1) is 0 Å². The predicted octanol–water partition coefficient (Wildman–Crippen LogP) is -3.53. The van der Waals surface area contributed by atoms with E-state index in [9.17, 15) is 14.7 Å². The molecule has 90 valence electrons. The molecule has 0 aromatic carbocycles. The molecule has 2 amide bonds. The summed E-state index contributed by atoms with van der Waals surface area (Å²) < 4.78 is 0. The second-order valence-corrected chi connectivity index (χ2v) is 5.51. The minimum Gasteiger partial charge on any atom is -0.550 e. The first-order valence-corrected chi connectivity index (χ1v) is 6.60. The Hall–Kier alpha value is 0.726. The first-order chi connectivity index (χ1) is 7.66. The van der Waals surface area contributed by atoms with Crippen LogP contribution in [0, 0.1) is 0 Å². The van der Waals surface area contributed by atoms with Crippen LogP contribution in [0.1, 0.15) is 25.7 Å². The third-order valence-corrected chi connectivity index (χ3v) is 4.57. The van der Waals surface area contributed by atoms with E-state index < -0.39 is 5.97 Å². The summed E-state index contributed by atoms with van der Waals surface area (Å²) in [7, 11) is 0. The Bertz CT molecular complexity index is 303. The Morgan fingerprint density at radius 1 is 1.41 bits per heavy atom. The summed E-state index contributed by atoms with van der Waals surface area (Å²) in [5.74, 6) is -0.0260. The Labute approximate surface area is 147 Å². The van der Waals surface area contributed by atoms with Crippen LogP contribution in [0.2, 0.25) is 0 Å². The van der Waals surface area contributed by atoms with E-state index >= 15 is 0 Å². The van der Waals surface area contributed by atoms with Gasteiger partial charge in [0.05, 0.1) is 12.1 Å². The van der Waals surface area contributed by atoms with Crippen molar-refractivity contribution in [2.45, 2.75) is 43.0 Å². The second kappa shape index (κ2) is 7.35. The number of amides is 2. The summed E-state index contributed by atoms with van der Waals surface area (Å²) >= 11 is 1.85. The Balaban J connectivity index is 0.00000144. The molecule has 7 heteroatoms. The van der Waals surface area contributed by atoms with E-state index in [2.05, 4.69) is 10.6 Å². The smallest absolute Gasteiger partial charge is 0.550 e. The van der Waals surface area contributed by atoms with Crippen molar-refractivity contribution >= 4 is 23.8 Å². The predicted molar refractivity (Wildman–Crippen MR) is 59.0 cm³/mol. The summed E-state index contributed by atoms with van der Waals surface area (Å²) in [6, 6.07) is 0.402. The zero-order valence-electron chi connectivity index (χ0n) is 9.90. The van der Waals surface area contributed by atoms with Gasteiger partial charge in [-0.05, 0) is 19.3 Å². The van der Waals surface area contributed by atoms with Crippen LogP contribution in [-0.2, 0) is 4.79 Å². The molecule has 0 radical (unpaired) electrons. The molecule has 3 atom stereocenters. The molecule has 0 aromatic rings. The van der Waals surface area contributed by atoms with Crippen molar-refractivity contribution in [1.29, 1.82) is 0 Å². The molecule has 0 spiro atoms. The van der Waals surface area contributed by atoms with Gasteiger partial charge in [0.1, 0.15) is 0 Å². The molecule has 17 heavy (non-hydrogen) atoms. The first-order valence-electron chi connectivity index (χ1n) is 5.55. The zero-order chi connectivity index (χ0) is 11.5. The van der Waals surface area contributed by atoms with Gasteiger partial charge < -0.3 is 20.5 Å². The molecule has 2 aliphatic rings. The Morgan fingerprint density at radius 2 is 2.18 bits per heavy atom. The van der Waals surface area contributed by atoms with Gasteiger partial charge in [0.2, 0.25) is 0 Å². The van der Waals surface area contributed by atoms with E-state index in [4.69, 9.17) is 0 Å².